The van der Waals surface area contributed by atoms with Gasteiger partial charge in [0.05, 0.1) is 12.8 Å². The molecule has 0 saturated carbocycles. The van der Waals surface area contributed by atoms with Crippen LogP contribution in [0, 0.1) is 5.92 Å². The molecule has 0 spiro atoms. The smallest absolute Gasteiger partial charge is 0.375 e. The number of sulfonamides is 1. The van der Waals surface area contributed by atoms with Crippen LogP contribution in [0.25, 0.3) is 4.91 Å². The van der Waals surface area contributed by atoms with Crippen LogP contribution in [0.15, 0.2) is 29.2 Å². The molecule has 0 aliphatic carbocycles. The maximum Gasteiger partial charge on any atom is 0.375 e. The minimum Gasteiger partial charge on any atom is -0.463 e. The quantitative estimate of drug-likeness (QED) is 0.433. The van der Waals surface area contributed by atoms with Gasteiger partial charge in [0, 0.05) is 23.3 Å². The van der Waals surface area contributed by atoms with Crippen LogP contribution < -0.4 is 4.31 Å². The number of ether oxygens (including phenoxy) is 1. The van der Waals surface area contributed by atoms with E-state index in [1.807, 2.05) is 0 Å². The summed E-state index contributed by atoms with van der Waals surface area (Å²) in [6, 6.07) is 6.81. The van der Waals surface area contributed by atoms with Crippen molar-refractivity contribution >= 4 is 49.9 Å². The molecular formula is C15H13NO6S2. The third-order valence-electron chi connectivity index (χ3n) is 3.95. The summed E-state index contributed by atoms with van der Waals surface area (Å²) in [4.78, 5) is 36.0. The highest BCUT2D eigenvalue weighted by Gasteiger charge is 2.47. The Morgan fingerprint density at radius 1 is 1.29 bits per heavy atom. The van der Waals surface area contributed by atoms with Crippen LogP contribution in [0.1, 0.15) is 5.56 Å². The number of nitrogens with zero attached hydrogens (tertiary/aromatic N) is 1. The van der Waals surface area contributed by atoms with Gasteiger partial charge in [0.2, 0.25) is 0 Å². The summed E-state index contributed by atoms with van der Waals surface area (Å²) in [5.74, 6) is -4.40. The molecule has 0 saturated heterocycles. The lowest BCUT2D eigenvalue weighted by atomic mass is 9.98. The maximum atomic E-state index is 12.7. The fourth-order valence-corrected chi connectivity index (χ4v) is 5.79. The number of hydrogen-bond acceptors (Lipinski definition) is 7. The molecule has 3 rings (SSSR count). The third-order valence-corrected chi connectivity index (χ3v) is 7.13. The standard InChI is InChI=1S/C15H13NO6S2/c1-16-10-6-4-3-5-8(10)13-14(24(16,20)21)11(17)9(7-23-13)12(18)15(19)22-2/h3-6,9H,7H2,1-2H3. The van der Waals surface area contributed by atoms with Gasteiger partial charge >= 0.3 is 5.97 Å². The summed E-state index contributed by atoms with van der Waals surface area (Å²) in [7, 11) is -1.70. The molecule has 1 atom stereocenters. The van der Waals surface area contributed by atoms with Crippen molar-refractivity contribution in [1.82, 2.24) is 0 Å². The number of ketones is 2. The lowest BCUT2D eigenvalue weighted by Crippen LogP contribution is -2.42. The minimum atomic E-state index is -4.09. The van der Waals surface area contributed by atoms with Gasteiger partial charge in [0.25, 0.3) is 15.8 Å². The van der Waals surface area contributed by atoms with Crippen molar-refractivity contribution in [2.45, 2.75) is 0 Å². The third kappa shape index (κ3) is 2.27. The highest BCUT2D eigenvalue weighted by molar-refractivity contribution is 8.10. The van der Waals surface area contributed by atoms with Crippen LogP contribution in [0.3, 0.4) is 0 Å². The number of methoxy groups -OCH3 is 1. The molecule has 2 heterocycles. The van der Waals surface area contributed by atoms with Crippen molar-refractivity contribution in [2.75, 3.05) is 24.2 Å². The number of para-hydroxylation sites is 1. The van der Waals surface area contributed by atoms with Gasteiger partial charge in [0.1, 0.15) is 10.8 Å². The van der Waals surface area contributed by atoms with Crippen molar-refractivity contribution in [1.29, 1.82) is 0 Å². The van der Waals surface area contributed by atoms with Crippen molar-refractivity contribution in [2.24, 2.45) is 5.92 Å². The Morgan fingerprint density at radius 3 is 2.62 bits per heavy atom. The largest absolute Gasteiger partial charge is 0.463 e. The normalized spacial score (nSPS) is 21.8. The van der Waals surface area contributed by atoms with Crippen LogP contribution >= 0.6 is 11.8 Å². The predicted octanol–water partition coefficient (Wildman–Crippen LogP) is 0.809. The molecule has 0 fully saturated rings. The zero-order valence-electron chi connectivity index (χ0n) is 12.8. The minimum absolute atomic E-state index is 0.000825. The molecule has 1 unspecified atom stereocenters. The molecule has 1 aromatic carbocycles. The van der Waals surface area contributed by atoms with Crippen LogP contribution in [0.4, 0.5) is 5.69 Å². The average Bonchev–Trinajstić information content (AvgIpc) is 2.58. The van der Waals surface area contributed by atoms with Crippen LogP contribution in [-0.4, -0.2) is 45.9 Å². The highest BCUT2D eigenvalue weighted by Crippen LogP contribution is 2.48. The zero-order valence-corrected chi connectivity index (χ0v) is 14.4. The van der Waals surface area contributed by atoms with Gasteiger partial charge in [0.15, 0.2) is 5.78 Å². The number of carbonyl (C=O) groups excluding carboxylic acids is 3. The monoisotopic (exact) mass is 367 g/mol. The number of hydrogen-bond donors (Lipinski definition) is 0. The molecule has 0 N–H and O–H groups in total. The molecule has 126 valence electrons. The van der Waals surface area contributed by atoms with E-state index in [-0.39, 0.29) is 5.75 Å². The zero-order chi connectivity index (χ0) is 17.6. The van der Waals surface area contributed by atoms with Crippen molar-refractivity contribution < 1.29 is 27.5 Å². The van der Waals surface area contributed by atoms with E-state index in [4.69, 9.17) is 0 Å². The topological polar surface area (TPSA) is 97.8 Å². The lowest BCUT2D eigenvalue weighted by Gasteiger charge is -2.33. The molecule has 24 heavy (non-hydrogen) atoms. The van der Waals surface area contributed by atoms with Gasteiger partial charge in [-0.2, -0.15) is 0 Å². The van der Waals surface area contributed by atoms with E-state index < -0.39 is 38.4 Å². The fraction of sp³-hybridized carbons (Fsp3) is 0.267. The number of anilines is 1. The SMILES string of the molecule is COC(=O)C(=O)C1CSC2=C(C1=O)S(=O)(=O)N(C)c1ccccc12. The first-order valence-electron chi connectivity index (χ1n) is 6.92. The maximum absolute atomic E-state index is 12.7. The number of thioether (sulfide) groups is 1. The summed E-state index contributed by atoms with van der Waals surface area (Å²) in [5, 5.41) is 0. The summed E-state index contributed by atoms with van der Waals surface area (Å²) in [6.07, 6.45) is 0. The summed E-state index contributed by atoms with van der Waals surface area (Å²) >= 11 is 1.09. The predicted molar refractivity (Wildman–Crippen MR) is 88.7 cm³/mol. The summed E-state index contributed by atoms with van der Waals surface area (Å²) in [5.41, 5.74) is 1.08. The van der Waals surface area contributed by atoms with Gasteiger partial charge in [-0.05, 0) is 6.07 Å². The Hall–Kier alpha value is -2.13. The van der Waals surface area contributed by atoms with Crippen molar-refractivity contribution in [3.8, 4) is 0 Å². The van der Waals surface area contributed by atoms with Crippen molar-refractivity contribution in [3.05, 3.63) is 34.7 Å². The van der Waals surface area contributed by atoms with Crippen LogP contribution in [0.5, 0.6) is 0 Å². The van der Waals surface area contributed by atoms with E-state index in [1.54, 1.807) is 24.3 Å². The Bertz CT molecular complexity index is 902. The van der Waals surface area contributed by atoms with E-state index in [2.05, 4.69) is 4.74 Å². The van der Waals surface area contributed by atoms with Gasteiger partial charge < -0.3 is 4.74 Å². The van der Waals surface area contributed by atoms with E-state index in [9.17, 15) is 22.8 Å². The molecule has 0 bridgehead atoms. The lowest BCUT2D eigenvalue weighted by molar-refractivity contribution is -0.154. The first-order chi connectivity index (χ1) is 11.3. The Morgan fingerprint density at radius 2 is 1.96 bits per heavy atom. The Balaban J connectivity index is 2.17. The second kappa shape index (κ2) is 5.75. The number of esters is 1. The first-order valence-corrected chi connectivity index (χ1v) is 9.35. The van der Waals surface area contributed by atoms with E-state index >= 15 is 0 Å². The molecule has 7 nitrogen and oxygen atoms in total. The van der Waals surface area contributed by atoms with E-state index in [0.29, 0.717) is 16.2 Å². The molecule has 0 aromatic heterocycles. The number of benzene rings is 1. The van der Waals surface area contributed by atoms with Gasteiger partial charge in [-0.1, -0.05) is 18.2 Å². The fourth-order valence-electron chi connectivity index (χ4n) is 2.67. The van der Waals surface area contributed by atoms with Gasteiger partial charge in [-0.3, -0.25) is 13.9 Å². The number of carbonyl (C=O) groups is 3. The van der Waals surface area contributed by atoms with Crippen LogP contribution in [-0.2, 0) is 29.1 Å². The molecule has 0 amide bonds. The number of rotatable bonds is 2. The molecule has 1 aromatic rings. The molecular weight excluding hydrogens is 354 g/mol. The summed E-state index contributed by atoms with van der Waals surface area (Å²) in [6.45, 7) is 0. The highest BCUT2D eigenvalue weighted by atomic mass is 32.2. The average molecular weight is 367 g/mol. The van der Waals surface area contributed by atoms with Gasteiger partial charge in [-0.15, -0.1) is 11.8 Å². The molecule has 2 aliphatic rings. The number of Topliss-reactive ketones (excluding diaryl/α,β-unsaturated/α-hetero) is 2. The van der Waals surface area contributed by atoms with Gasteiger partial charge in [-0.25, -0.2) is 13.2 Å². The van der Waals surface area contributed by atoms with Crippen LogP contribution in [0.2, 0.25) is 0 Å². The molecule has 9 heteroatoms. The summed E-state index contributed by atoms with van der Waals surface area (Å²) < 4.78 is 30.8. The Labute approximate surface area is 142 Å². The molecule has 0 radical (unpaired) electrons. The number of allylic oxidation sites excluding steroid dienone is 1. The van der Waals surface area contributed by atoms with Crippen molar-refractivity contribution in [3.63, 3.8) is 0 Å². The second-order valence-electron chi connectivity index (χ2n) is 5.23. The number of fused-ring (bicyclic) bond motifs is 2. The second-order valence-corrected chi connectivity index (χ2v) is 8.17. The molecule has 2 aliphatic heterocycles. The van der Waals surface area contributed by atoms with E-state index in [1.165, 1.54) is 7.05 Å². The first kappa shape index (κ1) is 16.7. The van der Waals surface area contributed by atoms with E-state index in [0.717, 1.165) is 23.2 Å². The Kier molecular flexibility index (Phi) is 4.00.